The first kappa shape index (κ1) is 10.1. The zero-order valence-corrected chi connectivity index (χ0v) is 7.82. The standard InChI is InChI=1S/C9H16N2O2/c1-7(10)9(12)11-6-8-4-2-3-5-13-8/h3,5,7-8H,2,4,6,10H2,1H3,(H,11,12). The third kappa shape index (κ3) is 3.46. The number of carbonyl (C=O) groups is 1. The van der Waals surface area contributed by atoms with Crippen molar-refractivity contribution >= 4 is 5.91 Å². The summed E-state index contributed by atoms with van der Waals surface area (Å²) in [6.45, 7) is 2.21. The van der Waals surface area contributed by atoms with Gasteiger partial charge in [0, 0.05) is 0 Å². The number of nitrogens with two attached hydrogens (primary N) is 1. The van der Waals surface area contributed by atoms with Crippen molar-refractivity contribution in [2.24, 2.45) is 5.73 Å². The minimum Gasteiger partial charge on any atom is -0.497 e. The van der Waals surface area contributed by atoms with E-state index in [0.717, 1.165) is 12.8 Å². The molecule has 0 bridgehead atoms. The van der Waals surface area contributed by atoms with Crippen LogP contribution in [-0.2, 0) is 9.53 Å². The molecule has 0 aliphatic carbocycles. The lowest BCUT2D eigenvalue weighted by Crippen LogP contribution is -2.42. The summed E-state index contributed by atoms with van der Waals surface area (Å²) in [5.41, 5.74) is 5.38. The molecule has 0 aromatic heterocycles. The summed E-state index contributed by atoms with van der Waals surface area (Å²) in [6, 6.07) is -0.445. The van der Waals surface area contributed by atoms with Gasteiger partial charge in [0.15, 0.2) is 0 Å². The Bertz CT molecular complexity index is 202. The molecule has 0 aromatic rings. The van der Waals surface area contributed by atoms with E-state index in [1.54, 1.807) is 13.2 Å². The number of amides is 1. The predicted octanol–water partition coefficient (Wildman–Crippen LogP) is 0.142. The lowest BCUT2D eigenvalue weighted by molar-refractivity contribution is -0.122. The van der Waals surface area contributed by atoms with Crippen LogP contribution >= 0.6 is 0 Å². The van der Waals surface area contributed by atoms with Crippen molar-refractivity contribution < 1.29 is 9.53 Å². The van der Waals surface area contributed by atoms with Crippen LogP contribution in [0.3, 0.4) is 0 Å². The maximum atomic E-state index is 11.1. The van der Waals surface area contributed by atoms with Crippen molar-refractivity contribution in [2.45, 2.75) is 31.9 Å². The number of carbonyl (C=O) groups excluding carboxylic acids is 1. The largest absolute Gasteiger partial charge is 0.497 e. The molecule has 1 heterocycles. The highest BCUT2D eigenvalue weighted by molar-refractivity contribution is 5.80. The topological polar surface area (TPSA) is 64.4 Å². The summed E-state index contributed by atoms with van der Waals surface area (Å²) in [4.78, 5) is 11.1. The highest BCUT2D eigenvalue weighted by Crippen LogP contribution is 2.08. The smallest absolute Gasteiger partial charge is 0.236 e. The average Bonchev–Trinajstić information content (AvgIpc) is 2.15. The summed E-state index contributed by atoms with van der Waals surface area (Å²) in [6.07, 6.45) is 5.73. The Morgan fingerprint density at radius 2 is 2.62 bits per heavy atom. The van der Waals surface area contributed by atoms with Crippen LogP contribution in [0.4, 0.5) is 0 Å². The van der Waals surface area contributed by atoms with Gasteiger partial charge < -0.3 is 15.8 Å². The Kier molecular flexibility index (Phi) is 3.76. The molecule has 4 nitrogen and oxygen atoms in total. The summed E-state index contributed by atoms with van der Waals surface area (Å²) < 4.78 is 5.27. The lowest BCUT2D eigenvalue weighted by atomic mass is 10.1. The van der Waals surface area contributed by atoms with Crippen LogP contribution in [0.2, 0.25) is 0 Å². The molecule has 0 spiro atoms. The first-order valence-corrected chi connectivity index (χ1v) is 4.54. The maximum Gasteiger partial charge on any atom is 0.236 e. The van der Waals surface area contributed by atoms with Crippen molar-refractivity contribution in [1.82, 2.24) is 5.32 Å². The van der Waals surface area contributed by atoms with Crippen LogP contribution in [-0.4, -0.2) is 24.6 Å². The first-order valence-electron chi connectivity index (χ1n) is 4.54. The van der Waals surface area contributed by atoms with Gasteiger partial charge in [-0.05, 0) is 25.8 Å². The highest BCUT2D eigenvalue weighted by atomic mass is 16.5. The number of ether oxygens (including phenoxy) is 1. The van der Waals surface area contributed by atoms with Crippen molar-refractivity contribution in [2.75, 3.05) is 6.54 Å². The zero-order valence-electron chi connectivity index (χ0n) is 7.82. The predicted molar refractivity (Wildman–Crippen MR) is 49.9 cm³/mol. The number of rotatable bonds is 3. The van der Waals surface area contributed by atoms with Crippen molar-refractivity contribution in [3.63, 3.8) is 0 Å². The zero-order chi connectivity index (χ0) is 9.68. The Hall–Kier alpha value is -1.03. The summed E-state index contributed by atoms with van der Waals surface area (Å²) in [5.74, 6) is -0.127. The molecule has 0 saturated heterocycles. The highest BCUT2D eigenvalue weighted by Gasteiger charge is 2.13. The fourth-order valence-electron chi connectivity index (χ4n) is 1.11. The Morgan fingerprint density at radius 1 is 1.85 bits per heavy atom. The molecule has 0 fully saturated rings. The summed E-state index contributed by atoms with van der Waals surface area (Å²) in [7, 11) is 0. The van der Waals surface area contributed by atoms with E-state index in [1.165, 1.54) is 0 Å². The van der Waals surface area contributed by atoms with Gasteiger partial charge >= 0.3 is 0 Å². The molecule has 0 radical (unpaired) electrons. The van der Waals surface area contributed by atoms with E-state index >= 15 is 0 Å². The van der Waals surface area contributed by atoms with E-state index in [9.17, 15) is 4.79 Å². The van der Waals surface area contributed by atoms with Gasteiger partial charge in [0.05, 0.1) is 18.8 Å². The van der Waals surface area contributed by atoms with Gasteiger partial charge in [0.1, 0.15) is 6.10 Å². The SMILES string of the molecule is CC(N)C(=O)NCC1CCC=CO1. The van der Waals surface area contributed by atoms with Crippen molar-refractivity contribution in [3.05, 3.63) is 12.3 Å². The Labute approximate surface area is 78.1 Å². The third-order valence-electron chi connectivity index (χ3n) is 1.94. The van der Waals surface area contributed by atoms with E-state index in [1.807, 2.05) is 6.08 Å². The number of hydrogen-bond acceptors (Lipinski definition) is 3. The molecule has 2 atom stereocenters. The summed E-state index contributed by atoms with van der Waals surface area (Å²) >= 11 is 0. The maximum absolute atomic E-state index is 11.1. The molecule has 1 aliphatic rings. The Morgan fingerprint density at radius 3 is 3.15 bits per heavy atom. The second-order valence-electron chi connectivity index (χ2n) is 3.24. The van der Waals surface area contributed by atoms with E-state index in [2.05, 4.69) is 5.32 Å². The molecule has 74 valence electrons. The fourth-order valence-corrected chi connectivity index (χ4v) is 1.11. The quantitative estimate of drug-likeness (QED) is 0.656. The minimum absolute atomic E-state index is 0.104. The molecular weight excluding hydrogens is 168 g/mol. The van der Waals surface area contributed by atoms with Crippen LogP contribution in [0.5, 0.6) is 0 Å². The minimum atomic E-state index is -0.445. The van der Waals surface area contributed by atoms with Gasteiger partial charge in [0.25, 0.3) is 0 Å². The molecule has 13 heavy (non-hydrogen) atoms. The fraction of sp³-hybridized carbons (Fsp3) is 0.667. The van der Waals surface area contributed by atoms with Crippen molar-refractivity contribution in [1.29, 1.82) is 0 Å². The number of hydrogen-bond donors (Lipinski definition) is 2. The van der Waals surface area contributed by atoms with Crippen LogP contribution in [0.1, 0.15) is 19.8 Å². The molecule has 0 saturated carbocycles. The number of allylic oxidation sites excluding steroid dienone is 1. The van der Waals surface area contributed by atoms with Gasteiger partial charge in [-0.15, -0.1) is 0 Å². The van der Waals surface area contributed by atoms with Gasteiger partial charge in [-0.25, -0.2) is 0 Å². The van der Waals surface area contributed by atoms with Crippen LogP contribution in [0.25, 0.3) is 0 Å². The second kappa shape index (κ2) is 4.87. The molecular formula is C9H16N2O2. The average molecular weight is 184 g/mol. The normalized spacial score (nSPS) is 23.4. The van der Waals surface area contributed by atoms with E-state index in [4.69, 9.17) is 10.5 Å². The third-order valence-corrected chi connectivity index (χ3v) is 1.94. The van der Waals surface area contributed by atoms with E-state index < -0.39 is 6.04 Å². The lowest BCUT2D eigenvalue weighted by Gasteiger charge is -2.20. The van der Waals surface area contributed by atoms with E-state index in [0.29, 0.717) is 6.54 Å². The first-order chi connectivity index (χ1) is 6.20. The van der Waals surface area contributed by atoms with Gasteiger partial charge in [-0.3, -0.25) is 4.79 Å². The monoisotopic (exact) mass is 184 g/mol. The number of nitrogens with one attached hydrogen (secondary N) is 1. The molecule has 4 heteroatoms. The van der Waals surface area contributed by atoms with Crippen LogP contribution in [0.15, 0.2) is 12.3 Å². The Balaban J connectivity index is 2.18. The molecule has 2 unspecified atom stereocenters. The van der Waals surface area contributed by atoms with Gasteiger partial charge in [0.2, 0.25) is 5.91 Å². The van der Waals surface area contributed by atoms with Gasteiger partial charge in [-0.1, -0.05) is 0 Å². The molecule has 1 amide bonds. The molecule has 1 rings (SSSR count). The molecule has 1 aliphatic heterocycles. The molecule has 3 N–H and O–H groups in total. The van der Waals surface area contributed by atoms with Crippen LogP contribution in [0, 0.1) is 0 Å². The van der Waals surface area contributed by atoms with E-state index in [-0.39, 0.29) is 12.0 Å². The van der Waals surface area contributed by atoms with Crippen LogP contribution < -0.4 is 11.1 Å². The van der Waals surface area contributed by atoms with Gasteiger partial charge in [-0.2, -0.15) is 0 Å². The molecule has 0 aromatic carbocycles. The second-order valence-corrected chi connectivity index (χ2v) is 3.24. The summed E-state index contributed by atoms with van der Waals surface area (Å²) in [5, 5.41) is 2.73. The van der Waals surface area contributed by atoms with Crippen molar-refractivity contribution in [3.8, 4) is 0 Å².